The average Bonchev–Trinajstić information content (AvgIpc) is 2.46. The largest absolute Gasteiger partial charge is 0.497 e. The number of benzene rings is 1. The summed E-state index contributed by atoms with van der Waals surface area (Å²) in [5, 5.41) is 3.62. The van der Waals surface area contributed by atoms with E-state index in [-0.39, 0.29) is 12.1 Å². The van der Waals surface area contributed by atoms with Crippen molar-refractivity contribution in [1.29, 1.82) is 0 Å². The van der Waals surface area contributed by atoms with Crippen LogP contribution in [0, 0.1) is 5.92 Å². The molecular formula is C17H29NO2. The van der Waals surface area contributed by atoms with Crippen LogP contribution in [0.25, 0.3) is 0 Å². The number of hydrogen-bond donors (Lipinski definition) is 1. The van der Waals surface area contributed by atoms with Gasteiger partial charge in [0.15, 0.2) is 0 Å². The quantitative estimate of drug-likeness (QED) is 0.746. The predicted octanol–water partition coefficient (Wildman–Crippen LogP) is 3.80. The van der Waals surface area contributed by atoms with E-state index in [1.165, 1.54) is 5.56 Å². The molecule has 1 rings (SSSR count). The fourth-order valence-electron chi connectivity index (χ4n) is 2.42. The molecule has 0 saturated heterocycles. The van der Waals surface area contributed by atoms with Gasteiger partial charge in [-0.05, 0) is 43.5 Å². The first-order chi connectivity index (χ1) is 9.63. The van der Waals surface area contributed by atoms with E-state index in [4.69, 9.17) is 9.47 Å². The smallest absolute Gasteiger partial charge is 0.119 e. The van der Waals surface area contributed by atoms with E-state index < -0.39 is 0 Å². The average molecular weight is 279 g/mol. The highest BCUT2D eigenvalue weighted by molar-refractivity contribution is 5.31. The summed E-state index contributed by atoms with van der Waals surface area (Å²) in [5.74, 6) is 1.35. The second-order valence-corrected chi connectivity index (χ2v) is 5.37. The third kappa shape index (κ3) is 4.80. The van der Waals surface area contributed by atoms with Crippen LogP contribution in [-0.2, 0) is 4.74 Å². The highest BCUT2D eigenvalue weighted by Crippen LogP contribution is 2.27. The molecule has 0 aliphatic rings. The fraction of sp³-hybridized carbons (Fsp3) is 0.647. The molecule has 2 unspecified atom stereocenters. The summed E-state index contributed by atoms with van der Waals surface area (Å²) in [4.78, 5) is 0. The summed E-state index contributed by atoms with van der Waals surface area (Å²) >= 11 is 0. The number of nitrogens with one attached hydrogen (secondary N) is 1. The van der Waals surface area contributed by atoms with E-state index in [0.717, 1.165) is 25.3 Å². The summed E-state index contributed by atoms with van der Waals surface area (Å²) in [6, 6.07) is 8.46. The molecule has 0 aliphatic carbocycles. The maximum absolute atomic E-state index is 5.99. The van der Waals surface area contributed by atoms with Gasteiger partial charge < -0.3 is 14.8 Å². The zero-order valence-corrected chi connectivity index (χ0v) is 13.5. The van der Waals surface area contributed by atoms with Gasteiger partial charge in [0.1, 0.15) is 5.75 Å². The van der Waals surface area contributed by atoms with Crippen LogP contribution >= 0.6 is 0 Å². The molecule has 1 aromatic rings. The van der Waals surface area contributed by atoms with Crippen molar-refractivity contribution < 1.29 is 9.47 Å². The lowest BCUT2D eigenvalue weighted by Crippen LogP contribution is -2.37. The van der Waals surface area contributed by atoms with Crippen LogP contribution in [0.3, 0.4) is 0 Å². The van der Waals surface area contributed by atoms with E-state index in [1.54, 1.807) is 7.11 Å². The Balaban J connectivity index is 3.01. The van der Waals surface area contributed by atoms with Gasteiger partial charge in [0.2, 0.25) is 0 Å². The van der Waals surface area contributed by atoms with Crippen molar-refractivity contribution in [3.63, 3.8) is 0 Å². The Hall–Kier alpha value is -1.06. The summed E-state index contributed by atoms with van der Waals surface area (Å²) in [7, 11) is 1.70. The molecular weight excluding hydrogens is 250 g/mol. The highest BCUT2D eigenvalue weighted by Gasteiger charge is 2.26. The molecule has 3 heteroatoms. The number of rotatable bonds is 9. The minimum absolute atomic E-state index is 0.165. The van der Waals surface area contributed by atoms with E-state index in [2.05, 4.69) is 45.1 Å². The standard InChI is InChI=1S/C17H29NO2/c1-6-11-18-16(17(13(3)4)20-7-2)14-9-8-10-15(12-14)19-5/h8-10,12-13,16-18H,6-7,11H2,1-5H3. The van der Waals surface area contributed by atoms with Crippen LogP contribution in [0.5, 0.6) is 5.75 Å². The zero-order chi connectivity index (χ0) is 15.0. The van der Waals surface area contributed by atoms with Gasteiger partial charge in [0.25, 0.3) is 0 Å². The monoisotopic (exact) mass is 279 g/mol. The van der Waals surface area contributed by atoms with E-state index in [1.807, 2.05) is 12.1 Å². The fourth-order valence-corrected chi connectivity index (χ4v) is 2.42. The Bertz CT molecular complexity index is 379. The van der Waals surface area contributed by atoms with Gasteiger partial charge >= 0.3 is 0 Å². The first kappa shape index (κ1) is 17.0. The van der Waals surface area contributed by atoms with Gasteiger partial charge in [-0.3, -0.25) is 0 Å². The third-order valence-electron chi connectivity index (χ3n) is 3.41. The van der Waals surface area contributed by atoms with Gasteiger partial charge in [-0.1, -0.05) is 32.9 Å². The van der Waals surface area contributed by atoms with Crippen molar-refractivity contribution in [2.45, 2.75) is 46.3 Å². The maximum atomic E-state index is 5.99. The minimum atomic E-state index is 0.165. The predicted molar refractivity (Wildman–Crippen MR) is 84.3 cm³/mol. The molecule has 3 nitrogen and oxygen atoms in total. The maximum Gasteiger partial charge on any atom is 0.119 e. The third-order valence-corrected chi connectivity index (χ3v) is 3.41. The van der Waals surface area contributed by atoms with Crippen LogP contribution in [0.1, 0.15) is 45.7 Å². The molecule has 0 fully saturated rings. The van der Waals surface area contributed by atoms with E-state index in [9.17, 15) is 0 Å². The Kier molecular flexibility index (Phi) is 7.63. The molecule has 0 amide bonds. The zero-order valence-electron chi connectivity index (χ0n) is 13.5. The van der Waals surface area contributed by atoms with Crippen LogP contribution in [0.2, 0.25) is 0 Å². The van der Waals surface area contributed by atoms with Gasteiger partial charge in [-0.15, -0.1) is 0 Å². The van der Waals surface area contributed by atoms with Gasteiger partial charge in [0, 0.05) is 6.61 Å². The summed E-state index contributed by atoms with van der Waals surface area (Å²) < 4.78 is 11.3. The van der Waals surface area contributed by atoms with Crippen molar-refractivity contribution in [2.75, 3.05) is 20.3 Å². The molecule has 0 saturated carbocycles. The van der Waals surface area contributed by atoms with Crippen LogP contribution in [-0.4, -0.2) is 26.4 Å². The topological polar surface area (TPSA) is 30.5 Å². The van der Waals surface area contributed by atoms with E-state index >= 15 is 0 Å². The number of ether oxygens (including phenoxy) is 2. The second-order valence-electron chi connectivity index (χ2n) is 5.37. The molecule has 0 aliphatic heterocycles. The normalized spacial score (nSPS) is 14.3. The summed E-state index contributed by atoms with van der Waals surface area (Å²) in [6.45, 7) is 10.4. The van der Waals surface area contributed by atoms with Gasteiger partial charge in [0.05, 0.1) is 19.3 Å². The summed E-state index contributed by atoms with van der Waals surface area (Å²) in [6.07, 6.45) is 1.27. The molecule has 20 heavy (non-hydrogen) atoms. The van der Waals surface area contributed by atoms with Crippen LogP contribution in [0.4, 0.5) is 0 Å². The van der Waals surface area contributed by atoms with Crippen LogP contribution < -0.4 is 10.1 Å². The van der Waals surface area contributed by atoms with Gasteiger partial charge in [-0.2, -0.15) is 0 Å². The first-order valence-corrected chi connectivity index (χ1v) is 7.62. The molecule has 0 bridgehead atoms. The Morgan fingerprint density at radius 1 is 1.20 bits per heavy atom. The Morgan fingerprint density at radius 3 is 2.50 bits per heavy atom. The highest BCUT2D eigenvalue weighted by atomic mass is 16.5. The minimum Gasteiger partial charge on any atom is -0.497 e. The molecule has 1 aromatic carbocycles. The lowest BCUT2D eigenvalue weighted by atomic mass is 9.93. The molecule has 1 N–H and O–H groups in total. The second kappa shape index (κ2) is 8.98. The SMILES string of the molecule is CCCNC(c1cccc(OC)c1)C(OCC)C(C)C. The van der Waals surface area contributed by atoms with Crippen molar-refractivity contribution in [3.8, 4) is 5.75 Å². The lowest BCUT2D eigenvalue weighted by Gasteiger charge is -2.31. The van der Waals surface area contributed by atoms with Crippen molar-refractivity contribution in [3.05, 3.63) is 29.8 Å². The van der Waals surface area contributed by atoms with E-state index in [0.29, 0.717) is 5.92 Å². The number of hydrogen-bond acceptors (Lipinski definition) is 3. The van der Waals surface area contributed by atoms with Crippen LogP contribution in [0.15, 0.2) is 24.3 Å². The molecule has 114 valence electrons. The molecule has 0 aromatic heterocycles. The lowest BCUT2D eigenvalue weighted by molar-refractivity contribution is 0.00280. The number of methoxy groups -OCH3 is 1. The molecule has 0 radical (unpaired) electrons. The summed E-state index contributed by atoms with van der Waals surface area (Å²) in [5.41, 5.74) is 1.23. The van der Waals surface area contributed by atoms with Crippen molar-refractivity contribution in [2.24, 2.45) is 5.92 Å². The molecule has 0 spiro atoms. The van der Waals surface area contributed by atoms with Crippen molar-refractivity contribution >= 4 is 0 Å². The Morgan fingerprint density at radius 2 is 1.95 bits per heavy atom. The first-order valence-electron chi connectivity index (χ1n) is 7.62. The Labute approximate surface area is 123 Å². The van der Waals surface area contributed by atoms with Crippen molar-refractivity contribution in [1.82, 2.24) is 5.32 Å². The van der Waals surface area contributed by atoms with Gasteiger partial charge in [-0.25, -0.2) is 0 Å². The molecule has 2 atom stereocenters. The molecule has 0 heterocycles.